The van der Waals surface area contributed by atoms with Crippen molar-refractivity contribution in [2.24, 2.45) is 0 Å². The summed E-state index contributed by atoms with van der Waals surface area (Å²) in [5.74, 6) is 1.67. The second-order valence-electron chi connectivity index (χ2n) is 5.36. The summed E-state index contributed by atoms with van der Waals surface area (Å²) in [4.78, 5) is 23.7. The summed E-state index contributed by atoms with van der Waals surface area (Å²) in [6.45, 7) is -0.195. The van der Waals surface area contributed by atoms with Crippen molar-refractivity contribution in [2.45, 2.75) is 0 Å². The molecule has 1 heterocycles. The first kappa shape index (κ1) is 17.4. The molecule has 2 amide bonds. The third-order valence-electron chi connectivity index (χ3n) is 3.53. The average molecular weight is 358 g/mol. The molecule has 0 atom stereocenters. The molecule has 2 N–H and O–H groups in total. The first-order chi connectivity index (χ1) is 12.6. The summed E-state index contributed by atoms with van der Waals surface area (Å²) < 4.78 is 20.8. The predicted octanol–water partition coefficient (Wildman–Crippen LogP) is 1.56. The van der Waals surface area contributed by atoms with Gasteiger partial charge in [-0.05, 0) is 36.4 Å². The molecule has 3 rings (SSSR count). The molecule has 0 bridgehead atoms. The van der Waals surface area contributed by atoms with Gasteiger partial charge in [-0.3, -0.25) is 9.59 Å². The summed E-state index contributed by atoms with van der Waals surface area (Å²) in [6.07, 6.45) is 0. The molecule has 2 aromatic carbocycles. The van der Waals surface area contributed by atoms with Gasteiger partial charge >= 0.3 is 0 Å². The molecule has 0 aromatic heterocycles. The molecule has 0 saturated heterocycles. The van der Waals surface area contributed by atoms with E-state index in [4.69, 9.17) is 18.9 Å². The maximum Gasteiger partial charge on any atom is 0.258 e. The number of ether oxygens (including phenoxy) is 4. The quantitative estimate of drug-likeness (QED) is 0.780. The Morgan fingerprint density at radius 1 is 1.00 bits per heavy atom. The molecule has 0 spiro atoms. The van der Waals surface area contributed by atoms with Crippen molar-refractivity contribution in [1.82, 2.24) is 5.32 Å². The lowest BCUT2D eigenvalue weighted by atomic mass is 10.3. The molecular formula is C18H18N2O6. The number of amides is 2. The SMILES string of the molecule is COc1ccc(OCC(=O)NCC(=O)Nc2ccc3c(c2)OCO3)cc1. The molecule has 8 nitrogen and oxygen atoms in total. The Morgan fingerprint density at radius 2 is 1.73 bits per heavy atom. The van der Waals surface area contributed by atoms with Gasteiger partial charge in [0.1, 0.15) is 11.5 Å². The van der Waals surface area contributed by atoms with Gasteiger partial charge in [0.2, 0.25) is 12.7 Å². The molecule has 0 unspecified atom stereocenters. The van der Waals surface area contributed by atoms with Crippen LogP contribution in [0.2, 0.25) is 0 Å². The topological polar surface area (TPSA) is 95.1 Å². The maximum atomic E-state index is 11.9. The van der Waals surface area contributed by atoms with E-state index >= 15 is 0 Å². The van der Waals surface area contributed by atoms with Gasteiger partial charge in [0, 0.05) is 11.8 Å². The van der Waals surface area contributed by atoms with Gasteiger partial charge in [-0.15, -0.1) is 0 Å². The highest BCUT2D eigenvalue weighted by atomic mass is 16.7. The lowest BCUT2D eigenvalue weighted by Crippen LogP contribution is -2.35. The standard InChI is InChI=1S/C18H18N2O6/c1-23-13-3-5-14(6-4-13)24-10-18(22)19-9-17(21)20-12-2-7-15-16(8-12)26-11-25-15/h2-8H,9-11H2,1H3,(H,19,22)(H,20,21). The Kier molecular flexibility index (Phi) is 5.43. The molecule has 0 fully saturated rings. The predicted molar refractivity (Wildman–Crippen MR) is 92.7 cm³/mol. The molecule has 1 aliphatic rings. The maximum absolute atomic E-state index is 11.9. The molecule has 136 valence electrons. The lowest BCUT2D eigenvalue weighted by Gasteiger charge is -2.09. The minimum atomic E-state index is -0.401. The Bertz CT molecular complexity index is 791. The van der Waals surface area contributed by atoms with Crippen LogP contribution < -0.4 is 29.6 Å². The van der Waals surface area contributed by atoms with E-state index in [0.717, 1.165) is 0 Å². The van der Waals surface area contributed by atoms with E-state index in [9.17, 15) is 9.59 Å². The lowest BCUT2D eigenvalue weighted by molar-refractivity contribution is -0.125. The highest BCUT2D eigenvalue weighted by molar-refractivity contribution is 5.95. The zero-order chi connectivity index (χ0) is 18.4. The number of rotatable bonds is 7. The fourth-order valence-electron chi connectivity index (χ4n) is 2.23. The zero-order valence-corrected chi connectivity index (χ0v) is 14.1. The van der Waals surface area contributed by atoms with Crippen LogP contribution in [0.15, 0.2) is 42.5 Å². The number of fused-ring (bicyclic) bond motifs is 1. The van der Waals surface area contributed by atoms with Gasteiger partial charge in [0.15, 0.2) is 18.1 Å². The van der Waals surface area contributed by atoms with E-state index in [-0.39, 0.29) is 25.9 Å². The number of anilines is 1. The smallest absolute Gasteiger partial charge is 0.258 e. The monoisotopic (exact) mass is 358 g/mol. The third kappa shape index (κ3) is 4.56. The van der Waals surface area contributed by atoms with Crippen LogP contribution in [-0.4, -0.2) is 38.9 Å². The largest absolute Gasteiger partial charge is 0.497 e. The summed E-state index contributed by atoms with van der Waals surface area (Å²) >= 11 is 0. The Hall–Kier alpha value is -3.42. The summed E-state index contributed by atoms with van der Waals surface area (Å²) in [5.41, 5.74) is 0.558. The van der Waals surface area contributed by atoms with Gasteiger partial charge in [-0.2, -0.15) is 0 Å². The fourth-order valence-corrected chi connectivity index (χ4v) is 2.23. The number of benzene rings is 2. The molecule has 0 saturated carbocycles. The Balaban J connectivity index is 1.40. The van der Waals surface area contributed by atoms with Gasteiger partial charge in [0.25, 0.3) is 5.91 Å². The van der Waals surface area contributed by atoms with Crippen LogP contribution in [-0.2, 0) is 9.59 Å². The summed E-state index contributed by atoms with van der Waals surface area (Å²) in [5, 5.41) is 5.16. The van der Waals surface area contributed by atoms with Gasteiger partial charge in [-0.1, -0.05) is 0 Å². The number of methoxy groups -OCH3 is 1. The molecule has 2 aromatic rings. The van der Waals surface area contributed by atoms with Crippen molar-refractivity contribution in [1.29, 1.82) is 0 Å². The number of hydrogen-bond acceptors (Lipinski definition) is 6. The van der Waals surface area contributed by atoms with Crippen LogP contribution in [0.25, 0.3) is 0 Å². The van der Waals surface area contributed by atoms with Gasteiger partial charge < -0.3 is 29.6 Å². The van der Waals surface area contributed by atoms with Crippen molar-refractivity contribution >= 4 is 17.5 Å². The summed E-state index contributed by atoms with van der Waals surface area (Å²) in [6, 6.07) is 11.9. The van der Waals surface area contributed by atoms with Crippen molar-refractivity contribution in [2.75, 3.05) is 32.4 Å². The number of carbonyl (C=O) groups is 2. The summed E-state index contributed by atoms with van der Waals surface area (Å²) in [7, 11) is 1.57. The first-order valence-corrected chi connectivity index (χ1v) is 7.87. The van der Waals surface area contributed by atoms with Gasteiger partial charge in [-0.25, -0.2) is 0 Å². The van der Waals surface area contributed by atoms with Crippen molar-refractivity contribution < 1.29 is 28.5 Å². The van der Waals surface area contributed by atoms with Gasteiger partial charge in [0.05, 0.1) is 13.7 Å². The minimum absolute atomic E-state index is 0.164. The molecular weight excluding hydrogens is 340 g/mol. The van der Waals surface area contributed by atoms with Crippen LogP contribution in [0.4, 0.5) is 5.69 Å². The third-order valence-corrected chi connectivity index (χ3v) is 3.53. The van der Waals surface area contributed by atoms with Crippen molar-refractivity contribution in [3.63, 3.8) is 0 Å². The average Bonchev–Trinajstić information content (AvgIpc) is 3.13. The number of nitrogens with one attached hydrogen (secondary N) is 2. The second-order valence-corrected chi connectivity index (χ2v) is 5.36. The van der Waals surface area contributed by atoms with E-state index in [2.05, 4.69) is 10.6 Å². The number of carbonyl (C=O) groups excluding carboxylic acids is 2. The molecule has 0 radical (unpaired) electrons. The van der Waals surface area contributed by atoms with Crippen LogP contribution in [0.5, 0.6) is 23.0 Å². The van der Waals surface area contributed by atoms with Crippen LogP contribution in [0, 0.1) is 0 Å². The Labute approximate surface area is 150 Å². The molecule has 26 heavy (non-hydrogen) atoms. The van der Waals surface area contributed by atoms with E-state index in [0.29, 0.717) is 28.7 Å². The van der Waals surface area contributed by atoms with Crippen LogP contribution in [0.3, 0.4) is 0 Å². The highest BCUT2D eigenvalue weighted by Crippen LogP contribution is 2.34. The second kappa shape index (κ2) is 8.11. The normalized spacial score (nSPS) is 11.6. The zero-order valence-electron chi connectivity index (χ0n) is 14.1. The van der Waals surface area contributed by atoms with Crippen LogP contribution in [0.1, 0.15) is 0 Å². The molecule has 8 heteroatoms. The fraction of sp³-hybridized carbons (Fsp3) is 0.222. The van der Waals surface area contributed by atoms with E-state index in [1.54, 1.807) is 49.6 Å². The molecule has 1 aliphatic heterocycles. The van der Waals surface area contributed by atoms with E-state index in [1.165, 1.54) is 0 Å². The Morgan fingerprint density at radius 3 is 2.50 bits per heavy atom. The van der Waals surface area contributed by atoms with Crippen LogP contribution >= 0.6 is 0 Å². The minimum Gasteiger partial charge on any atom is -0.497 e. The molecule has 0 aliphatic carbocycles. The highest BCUT2D eigenvalue weighted by Gasteiger charge is 2.14. The first-order valence-electron chi connectivity index (χ1n) is 7.87. The number of hydrogen-bond donors (Lipinski definition) is 2. The van der Waals surface area contributed by atoms with Crippen molar-refractivity contribution in [3.05, 3.63) is 42.5 Å². The van der Waals surface area contributed by atoms with E-state index < -0.39 is 5.91 Å². The van der Waals surface area contributed by atoms with E-state index in [1.807, 2.05) is 0 Å². The van der Waals surface area contributed by atoms with Crippen molar-refractivity contribution in [3.8, 4) is 23.0 Å².